The Balaban J connectivity index is 2.05. The molecule has 3 nitrogen and oxygen atoms in total. The molecular weight excluding hydrogens is 260 g/mol. The predicted molar refractivity (Wildman–Crippen MR) is 87.7 cm³/mol. The molecule has 1 amide bonds. The number of amides is 1. The molecule has 2 rings (SSSR count). The van der Waals surface area contributed by atoms with E-state index < -0.39 is 0 Å². The first-order valence-electron chi connectivity index (χ1n) is 7.32. The molecule has 0 bridgehead atoms. The van der Waals surface area contributed by atoms with Crippen LogP contribution in [0.2, 0.25) is 0 Å². The molecule has 0 saturated carbocycles. The first-order valence-corrected chi connectivity index (χ1v) is 7.32. The van der Waals surface area contributed by atoms with E-state index in [9.17, 15) is 4.79 Å². The molecule has 0 aliphatic heterocycles. The Labute approximate surface area is 126 Å². The fourth-order valence-corrected chi connectivity index (χ4v) is 2.37. The largest absolute Gasteiger partial charge is 0.385 e. The van der Waals surface area contributed by atoms with Crippen LogP contribution >= 0.6 is 0 Å². The van der Waals surface area contributed by atoms with Crippen molar-refractivity contribution in [2.45, 2.75) is 26.8 Å². The molecule has 1 unspecified atom stereocenters. The van der Waals surface area contributed by atoms with Gasteiger partial charge in [-0.2, -0.15) is 0 Å². The molecule has 110 valence electrons. The highest BCUT2D eigenvalue weighted by molar-refractivity contribution is 5.94. The zero-order valence-corrected chi connectivity index (χ0v) is 12.8. The normalized spacial score (nSPS) is 11.8. The Hall–Kier alpha value is -2.29. The van der Waals surface area contributed by atoms with Gasteiger partial charge in [-0.25, -0.2) is 0 Å². The van der Waals surface area contributed by atoms with Crippen LogP contribution in [0, 0.1) is 6.92 Å². The van der Waals surface area contributed by atoms with Crippen molar-refractivity contribution in [2.75, 3.05) is 11.9 Å². The Morgan fingerprint density at radius 1 is 1.10 bits per heavy atom. The maximum atomic E-state index is 12.3. The van der Waals surface area contributed by atoms with Crippen LogP contribution in [-0.2, 0) is 0 Å². The second-order valence-corrected chi connectivity index (χ2v) is 5.16. The van der Waals surface area contributed by atoms with Crippen molar-refractivity contribution in [3.05, 3.63) is 65.2 Å². The van der Waals surface area contributed by atoms with E-state index in [1.165, 1.54) is 5.56 Å². The fraction of sp³-hybridized carbons (Fsp3) is 0.278. The maximum absolute atomic E-state index is 12.3. The fourth-order valence-electron chi connectivity index (χ4n) is 2.37. The zero-order valence-electron chi connectivity index (χ0n) is 12.8. The van der Waals surface area contributed by atoms with E-state index in [-0.39, 0.29) is 11.9 Å². The maximum Gasteiger partial charge on any atom is 0.251 e. The Bertz CT molecular complexity index is 605. The molecule has 0 aliphatic rings. The molecule has 0 heterocycles. The number of anilines is 1. The summed E-state index contributed by atoms with van der Waals surface area (Å²) in [5.41, 5.74) is 4.04. The van der Waals surface area contributed by atoms with Crippen molar-refractivity contribution in [3.8, 4) is 0 Å². The third-order valence-corrected chi connectivity index (χ3v) is 3.53. The van der Waals surface area contributed by atoms with Crippen molar-refractivity contribution in [1.82, 2.24) is 5.32 Å². The lowest BCUT2D eigenvalue weighted by atomic mass is 10.0. The third-order valence-electron chi connectivity index (χ3n) is 3.53. The number of nitrogens with one attached hydrogen (secondary N) is 2. The highest BCUT2D eigenvalue weighted by Crippen LogP contribution is 2.17. The number of benzene rings is 2. The van der Waals surface area contributed by atoms with Crippen LogP contribution in [0.1, 0.15) is 41.4 Å². The number of aryl methyl sites for hydroxylation is 1. The summed E-state index contributed by atoms with van der Waals surface area (Å²) in [5, 5.41) is 6.26. The van der Waals surface area contributed by atoms with Crippen LogP contribution in [0.4, 0.5) is 5.69 Å². The van der Waals surface area contributed by atoms with Crippen molar-refractivity contribution in [1.29, 1.82) is 0 Å². The lowest BCUT2D eigenvalue weighted by Crippen LogP contribution is -2.27. The monoisotopic (exact) mass is 282 g/mol. The second kappa shape index (κ2) is 6.93. The average molecular weight is 282 g/mol. The van der Waals surface area contributed by atoms with Gasteiger partial charge in [-0.3, -0.25) is 4.79 Å². The number of hydrogen-bond donors (Lipinski definition) is 2. The summed E-state index contributed by atoms with van der Waals surface area (Å²) >= 11 is 0. The van der Waals surface area contributed by atoms with Gasteiger partial charge in [0.25, 0.3) is 5.91 Å². The quantitative estimate of drug-likeness (QED) is 0.872. The summed E-state index contributed by atoms with van der Waals surface area (Å²) in [6, 6.07) is 15.6. The van der Waals surface area contributed by atoms with Gasteiger partial charge in [-0.15, -0.1) is 0 Å². The van der Waals surface area contributed by atoms with E-state index in [0.717, 1.165) is 17.8 Å². The van der Waals surface area contributed by atoms with Gasteiger partial charge in [0, 0.05) is 17.8 Å². The number of hydrogen-bond acceptors (Lipinski definition) is 2. The average Bonchev–Trinajstić information content (AvgIpc) is 2.48. The molecule has 3 heteroatoms. The minimum Gasteiger partial charge on any atom is -0.385 e. The lowest BCUT2D eigenvalue weighted by molar-refractivity contribution is 0.0940. The van der Waals surface area contributed by atoms with Crippen LogP contribution in [0.5, 0.6) is 0 Å². The van der Waals surface area contributed by atoms with E-state index in [1.807, 2.05) is 50.2 Å². The predicted octanol–water partition coefficient (Wildman–Crippen LogP) is 3.92. The molecule has 1 atom stereocenters. The first kappa shape index (κ1) is 15.1. The molecule has 2 aromatic rings. The molecule has 2 N–H and O–H groups in total. The van der Waals surface area contributed by atoms with E-state index in [4.69, 9.17) is 0 Å². The Kier molecular flexibility index (Phi) is 4.99. The van der Waals surface area contributed by atoms with Gasteiger partial charge < -0.3 is 10.6 Å². The van der Waals surface area contributed by atoms with Crippen molar-refractivity contribution < 1.29 is 4.79 Å². The summed E-state index contributed by atoms with van der Waals surface area (Å²) < 4.78 is 0. The summed E-state index contributed by atoms with van der Waals surface area (Å²) in [5.74, 6) is -0.0474. The molecular formula is C18H22N2O. The summed E-state index contributed by atoms with van der Waals surface area (Å²) in [6.07, 6.45) is 0. The van der Waals surface area contributed by atoms with Crippen LogP contribution in [0.25, 0.3) is 0 Å². The van der Waals surface area contributed by atoms with Gasteiger partial charge >= 0.3 is 0 Å². The van der Waals surface area contributed by atoms with Gasteiger partial charge in [0.1, 0.15) is 0 Å². The van der Waals surface area contributed by atoms with Crippen molar-refractivity contribution in [2.24, 2.45) is 0 Å². The molecule has 2 aromatic carbocycles. The third kappa shape index (κ3) is 3.85. The van der Waals surface area contributed by atoms with E-state index in [1.54, 1.807) is 0 Å². The molecule has 0 aromatic heterocycles. The molecule has 0 aliphatic carbocycles. The van der Waals surface area contributed by atoms with E-state index in [2.05, 4.69) is 29.7 Å². The smallest absolute Gasteiger partial charge is 0.251 e. The van der Waals surface area contributed by atoms with Crippen molar-refractivity contribution >= 4 is 11.6 Å². The van der Waals surface area contributed by atoms with Crippen LogP contribution < -0.4 is 10.6 Å². The minimum atomic E-state index is -0.0474. The molecule has 21 heavy (non-hydrogen) atoms. The van der Waals surface area contributed by atoms with E-state index >= 15 is 0 Å². The molecule has 0 fully saturated rings. The summed E-state index contributed by atoms with van der Waals surface area (Å²) in [6.45, 7) is 6.98. The standard InChI is InChI=1S/C18H22N2O/c1-4-19-16-11-9-15(10-12-16)18(21)20-14(3)17-8-6-5-7-13(17)2/h5-12,14,19H,4H2,1-3H3,(H,20,21). The van der Waals surface area contributed by atoms with Gasteiger partial charge in [-0.05, 0) is 56.2 Å². The van der Waals surface area contributed by atoms with E-state index in [0.29, 0.717) is 5.56 Å². The molecule has 0 spiro atoms. The SMILES string of the molecule is CCNc1ccc(C(=O)NC(C)c2ccccc2C)cc1. The van der Waals surface area contributed by atoms with Crippen LogP contribution in [0.3, 0.4) is 0 Å². The summed E-state index contributed by atoms with van der Waals surface area (Å²) in [7, 11) is 0. The van der Waals surface area contributed by atoms with Gasteiger partial charge in [0.2, 0.25) is 0 Å². The molecule has 0 radical (unpaired) electrons. The lowest BCUT2D eigenvalue weighted by Gasteiger charge is -2.16. The number of carbonyl (C=O) groups is 1. The zero-order chi connectivity index (χ0) is 15.2. The second-order valence-electron chi connectivity index (χ2n) is 5.16. The molecule has 0 saturated heterocycles. The first-order chi connectivity index (χ1) is 10.1. The highest BCUT2D eigenvalue weighted by Gasteiger charge is 2.12. The topological polar surface area (TPSA) is 41.1 Å². The Morgan fingerprint density at radius 3 is 2.38 bits per heavy atom. The van der Waals surface area contributed by atoms with Crippen LogP contribution in [0.15, 0.2) is 48.5 Å². The highest BCUT2D eigenvalue weighted by atomic mass is 16.1. The van der Waals surface area contributed by atoms with Crippen LogP contribution in [-0.4, -0.2) is 12.5 Å². The number of rotatable bonds is 5. The van der Waals surface area contributed by atoms with Gasteiger partial charge in [0.15, 0.2) is 0 Å². The Morgan fingerprint density at radius 2 is 1.76 bits per heavy atom. The number of carbonyl (C=O) groups excluding carboxylic acids is 1. The van der Waals surface area contributed by atoms with Crippen molar-refractivity contribution in [3.63, 3.8) is 0 Å². The van der Waals surface area contributed by atoms with Gasteiger partial charge in [0.05, 0.1) is 6.04 Å². The summed E-state index contributed by atoms with van der Waals surface area (Å²) in [4.78, 5) is 12.3. The minimum absolute atomic E-state index is 0.00727. The van der Waals surface area contributed by atoms with Gasteiger partial charge in [-0.1, -0.05) is 24.3 Å².